The molecule has 0 saturated carbocycles. The summed E-state index contributed by atoms with van der Waals surface area (Å²) in [6, 6.07) is 4.13. The Hall–Kier alpha value is -1.72. The first-order valence-corrected chi connectivity index (χ1v) is 7.97. The lowest BCUT2D eigenvalue weighted by Gasteiger charge is -2.16. The average molecular weight is 300 g/mol. The summed E-state index contributed by atoms with van der Waals surface area (Å²) >= 11 is 0. The summed E-state index contributed by atoms with van der Waals surface area (Å²) in [6.07, 6.45) is 5.65. The molecule has 0 spiro atoms. The molecule has 1 aliphatic heterocycles. The van der Waals surface area contributed by atoms with E-state index in [-0.39, 0.29) is 6.61 Å². The third-order valence-corrected chi connectivity index (χ3v) is 4.78. The molecule has 5 nitrogen and oxygen atoms in total. The molecule has 0 amide bonds. The fourth-order valence-electron chi connectivity index (χ4n) is 3.46. The zero-order valence-electron chi connectivity index (χ0n) is 13.3. The monoisotopic (exact) mass is 300 g/mol. The van der Waals surface area contributed by atoms with Crippen LogP contribution < -0.4 is 0 Å². The Balaban J connectivity index is 1.73. The first-order valence-electron chi connectivity index (χ1n) is 7.97. The van der Waals surface area contributed by atoms with Crippen molar-refractivity contribution >= 4 is 0 Å². The number of hydrogen-bond donors (Lipinski definition) is 1. The number of aryl methyl sites for hydroxylation is 1. The second kappa shape index (κ2) is 6.58. The minimum atomic E-state index is 0.233. The molecule has 22 heavy (non-hydrogen) atoms. The van der Waals surface area contributed by atoms with Crippen LogP contribution >= 0.6 is 0 Å². The molecule has 0 aromatic carbocycles. The SMILES string of the molecule is CCn1ncc(CN2C[C@@H](CO)[C@H](c3ccncc3)C2)c1C. The Kier molecular flexibility index (Phi) is 4.55. The van der Waals surface area contributed by atoms with Crippen molar-refractivity contribution in [2.24, 2.45) is 5.92 Å². The molecule has 2 aromatic heterocycles. The minimum absolute atomic E-state index is 0.233. The van der Waals surface area contributed by atoms with Crippen molar-refractivity contribution < 1.29 is 5.11 Å². The molecule has 0 unspecified atom stereocenters. The molecule has 1 saturated heterocycles. The first kappa shape index (κ1) is 15.2. The molecule has 2 atom stereocenters. The van der Waals surface area contributed by atoms with Gasteiger partial charge in [-0.05, 0) is 31.5 Å². The summed E-state index contributed by atoms with van der Waals surface area (Å²) in [4.78, 5) is 6.52. The van der Waals surface area contributed by atoms with Crippen LogP contribution in [0.3, 0.4) is 0 Å². The second-order valence-electron chi connectivity index (χ2n) is 6.09. The summed E-state index contributed by atoms with van der Waals surface area (Å²) in [7, 11) is 0. The number of hydrogen-bond acceptors (Lipinski definition) is 4. The molecule has 118 valence electrons. The quantitative estimate of drug-likeness (QED) is 0.915. The zero-order chi connectivity index (χ0) is 15.5. The van der Waals surface area contributed by atoms with Crippen LogP contribution in [-0.2, 0) is 13.1 Å². The fourth-order valence-corrected chi connectivity index (χ4v) is 3.46. The molecule has 0 radical (unpaired) electrons. The van der Waals surface area contributed by atoms with Crippen LogP contribution in [0.15, 0.2) is 30.7 Å². The Labute approximate surface area is 131 Å². The molecule has 5 heteroatoms. The van der Waals surface area contributed by atoms with Gasteiger partial charge in [-0.2, -0.15) is 5.10 Å². The predicted octanol–water partition coefficient (Wildman–Crippen LogP) is 1.81. The number of aromatic nitrogens is 3. The lowest BCUT2D eigenvalue weighted by molar-refractivity contribution is 0.214. The largest absolute Gasteiger partial charge is 0.396 e. The van der Waals surface area contributed by atoms with E-state index < -0.39 is 0 Å². The smallest absolute Gasteiger partial charge is 0.0537 e. The van der Waals surface area contributed by atoms with E-state index in [1.807, 2.05) is 23.3 Å². The van der Waals surface area contributed by atoms with Crippen molar-refractivity contribution in [3.05, 3.63) is 47.5 Å². The lowest BCUT2D eigenvalue weighted by Crippen LogP contribution is -2.21. The summed E-state index contributed by atoms with van der Waals surface area (Å²) < 4.78 is 2.04. The minimum Gasteiger partial charge on any atom is -0.396 e. The average Bonchev–Trinajstić information content (AvgIpc) is 3.12. The highest BCUT2D eigenvalue weighted by Gasteiger charge is 2.33. The van der Waals surface area contributed by atoms with E-state index in [0.29, 0.717) is 11.8 Å². The van der Waals surface area contributed by atoms with Crippen molar-refractivity contribution in [2.75, 3.05) is 19.7 Å². The maximum atomic E-state index is 9.72. The van der Waals surface area contributed by atoms with E-state index in [4.69, 9.17) is 0 Å². The Morgan fingerprint density at radius 3 is 2.68 bits per heavy atom. The van der Waals surface area contributed by atoms with Crippen molar-refractivity contribution in [3.8, 4) is 0 Å². The normalized spacial score (nSPS) is 22.3. The van der Waals surface area contributed by atoms with Crippen LogP contribution in [0.1, 0.15) is 29.7 Å². The Morgan fingerprint density at radius 1 is 1.27 bits per heavy atom. The highest BCUT2D eigenvalue weighted by Crippen LogP contribution is 2.33. The van der Waals surface area contributed by atoms with Gasteiger partial charge in [0, 0.05) is 68.3 Å². The highest BCUT2D eigenvalue weighted by atomic mass is 16.3. The number of likely N-dealkylation sites (tertiary alicyclic amines) is 1. The van der Waals surface area contributed by atoms with Gasteiger partial charge in [-0.15, -0.1) is 0 Å². The topological polar surface area (TPSA) is 54.2 Å². The molecular formula is C17H24N4O. The van der Waals surface area contributed by atoms with Gasteiger partial charge in [0.05, 0.1) is 6.20 Å². The molecule has 0 bridgehead atoms. The van der Waals surface area contributed by atoms with Gasteiger partial charge in [-0.3, -0.25) is 14.6 Å². The highest BCUT2D eigenvalue weighted by molar-refractivity contribution is 5.21. The standard InChI is InChI=1S/C17H24N4O/c1-3-21-13(2)15(8-19-21)9-20-10-16(12-22)17(11-20)14-4-6-18-7-5-14/h4-8,16-17,22H,3,9-12H2,1-2H3/t16-,17-/m0/s1. The summed E-state index contributed by atoms with van der Waals surface area (Å²) in [5, 5.41) is 14.1. The molecular weight excluding hydrogens is 276 g/mol. The van der Waals surface area contributed by atoms with Gasteiger partial charge in [-0.25, -0.2) is 0 Å². The lowest BCUT2D eigenvalue weighted by atomic mass is 9.90. The number of rotatable bonds is 5. The number of aliphatic hydroxyl groups excluding tert-OH is 1. The van der Waals surface area contributed by atoms with Crippen molar-refractivity contribution in [1.29, 1.82) is 0 Å². The Morgan fingerprint density at radius 2 is 2.05 bits per heavy atom. The molecule has 3 heterocycles. The summed E-state index contributed by atoms with van der Waals surface area (Å²) in [6.45, 7) is 8.20. The third kappa shape index (κ3) is 2.91. The summed E-state index contributed by atoms with van der Waals surface area (Å²) in [5.41, 5.74) is 3.81. The molecule has 1 fully saturated rings. The summed E-state index contributed by atoms with van der Waals surface area (Å²) in [5.74, 6) is 0.679. The van der Waals surface area contributed by atoms with E-state index in [1.54, 1.807) is 0 Å². The molecule has 3 rings (SSSR count). The molecule has 1 N–H and O–H groups in total. The fraction of sp³-hybridized carbons (Fsp3) is 0.529. The van der Waals surface area contributed by atoms with Crippen LogP contribution in [0.25, 0.3) is 0 Å². The van der Waals surface area contributed by atoms with Crippen molar-refractivity contribution in [2.45, 2.75) is 32.9 Å². The number of nitrogens with zero attached hydrogens (tertiary/aromatic N) is 4. The second-order valence-corrected chi connectivity index (χ2v) is 6.09. The predicted molar refractivity (Wildman–Crippen MR) is 85.5 cm³/mol. The molecule has 1 aliphatic rings. The van der Waals surface area contributed by atoms with Gasteiger partial charge in [-0.1, -0.05) is 0 Å². The van der Waals surface area contributed by atoms with Gasteiger partial charge in [0.2, 0.25) is 0 Å². The number of aliphatic hydroxyl groups is 1. The van der Waals surface area contributed by atoms with Crippen LogP contribution in [0, 0.1) is 12.8 Å². The van der Waals surface area contributed by atoms with Crippen LogP contribution in [0.2, 0.25) is 0 Å². The third-order valence-electron chi connectivity index (χ3n) is 4.78. The maximum absolute atomic E-state index is 9.72. The first-order chi connectivity index (χ1) is 10.7. The van der Waals surface area contributed by atoms with E-state index in [9.17, 15) is 5.11 Å². The van der Waals surface area contributed by atoms with Crippen LogP contribution in [0.4, 0.5) is 0 Å². The van der Waals surface area contributed by atoms with Gasteiger partial charge >= 0.3 is 0 Å². The maximum Gasteiger partial charge on any atom is 0.0537 e. The van der Waals surface area contributed by atoms with Crippen molar-refractivity contribution in [3.63, 3.8) is 0 Å². The van der Waals surface area contributed by atoms with Crippen LogP contribution in [0.5, 0.6) is 0 Å². The van der Waals surface area contributed by atoms with Gasteiger partial charge in [0.15, 0.2) is 0 Å². The van der Waals surface area contributed by atoms with Gasteiger partial charge < -0.3 is 5.11 Å². The zero-order valence-corrected chi connectivity index (χ0v) is 13.3. The van der Waals surface area contributed by atoms with Crippen molar-refractivity contribution in [1.82, 2.24) is 19.7 Å². The Bertz CT molecular complexity index is 610. The van der Waals surface area contributed by atoms with E-state index >= 15 is 0 Å². The number of pyridine rings is 1. The van der Waals surface area contributed by atoms with Gasteiger partial charge in [0.25, 0.3) is 0 Å². The van der Waals surface area contributed by atoms with E-state index in [2.05, 4.69) is 41.0 Å². The van der Waals surface area contributed by atoms with E-state index in [1.165, 1.54) is 16.8 Å². The molecule has 2 aromatic rings. The van der Waals surface area contributed by atoms with Gasteiger partial charge in [0.1, 0.15) is 0 Å². The molecule has 0 aliphatic carbocycles. The van der Waals surface area contributed by atoms with Crippen LogP contribution in [-0.4, -0.2) is 44.5 Å². The van der Waals surface area contributed by atoms with E-state index in [0.717, 1.165) is 26.2 Å².